The lowest BCUT2D eigenvalue weighted by Gasteiger charge is -2.04. The quantitative estimate of drug-likeness (QED) is 0.251. The third-order valence-electron chi connectivity index (χ3n) is 1.92. The molecule has 7 nitrogen and oxygen atoms in total. The normalized spacial score (nSPS) is 10.9. The second-order valence-electron chi connectivity index (χ2n) is 3.26. The van der Waals surface area contributed by atoms with Gasteiger partial charge in [0.15, 0.2) is 0 Å². The van der Waals surface area contributed by atoms with E-state index in [0.29, 0.717) is 11.3 Å². The fraction of sp³-hybridized carbons (Fsp3) is 0.100. The first kappa shape index (κ1) is 12.5. The molecule has 0 atom stereocenters. The Labute approximate surface area is 97.1 Å². The van der Waals surface area contributed by atoms with Gasteiger partial charge in [0.1, 0.15) is 5.84 Å². The minimum atomic E-state index is -0.542. The van der Waals surface area contributed by atoms with Crippen molar-refractivity contribution in [2.75, 3.05) is 5.32 Å². The molecule has 0 saturated carbocycles. The predicted molar refractivity (Wildman–Crippen MR) is 61.6 cm³/mol. The van der Waals surface area contributed by atoms with Crippen LogP contribution in [0.3, 0.4) is 0 Å². The highest BCUT2D eigenvalue weighted by Crippen LogP contribution is 2.09. The summed E-state index contributed by atoms with van der Waals surface area (Å²) in [7, 11) is 0. The topological polar surface area (TPSA) is 131 Å². The van der Waals surface area contributed by atoms with Gasteiger partial charge in [-0.15, -0.1) is 0 Å². The molecule has 0 fully saturated rings. The molecule has 0 saturated heterocycles. The summed E-state index contributed by atoms with van der Waals surface area (Å²) in [4.78, 5) is 22.1. The zero-order valence-corrected chi connectivity index (χ0v) is 8.88. The van der Waals surface area contributed by atoms with Gasteiger partial charge in [-0.2, -0.15) is 0 Å². The summed E-state index contributed by atoms with van der Waals surface area (Å²) in [6.45, 7) is 0. The maximum atomic E-state index is 11.3. The van der Waals surface area contributed by atoms with Crippen LogP contribution in [0.4, 0.5) is 5.69 Å². The van der Waals surface area contributed by atoms with Crippen LogP contribution in [-0.2, 0) is 4.79 Å². The first-order chi connectivity index (χ1) is 8.02. The number of nitrogens with two attached hydrogens (primary N) is 2. The van der Waals surface area contributed by atoms with Gasteiger partial charge in [0.25, 0.3) is 0 Å². The molecule has 17 heavy (non-hydrogen) atoms. The molecule has 0 aliphatic heterocycles. The Morgan fingerprint density at radius 1 is 1.24 bits per heavy atom. The van der Waals surface area contributed by atoms with Crippen molar-refractivity contribution >= 4 is 23.3 Å². The highest BCUT2D eigenvalue weighted by molar-refractivity contribution is 6.05. The number of hydrogen-bond acceptors (Lipinski definition) is 4. The second-order valence-corrected chi connectivity index (χ2v) is 3.26. The summed E-state index contributed by atoms with van der Waals surface area (Å²) >= 11 is 0. The molecular weight excluding hydrogens is 224 g/mol. The maximum Gasteiger partial charge on any atom is 0.248 e. The van der Waals surface area contributed by atoms with Crippen LogP contribution in [0.2, 0.25) is 0 Å². The van der Waals surface area contributed by atoms with E-state index >= 15 is 0 Å². The molecule has 0 radical (unpaired) electrons. The monoisotopic (exact) mass is 236 g/mol. The molecule has 0 aromatic heterocycles. The average Bonchev–Trinajstić information content (AvgIpc) is 2.29. The smallest absolute Gasteiger partial charge is 0.248 e. The number of carbonyl (C=O) groups is 2. The van der Waals surface area contributed by atoms with Crippen LogP contribution < -0.4 is 16.8 Å². The summed E-state index contributed by atoms with van der Waals surface area (Å²) in [6.07, 6.45) is -0.214. The molecule has 6 N–H and O–H groups in total. The van der Waals surface area contributed by atoms with Gasteiger partial charge < -0.3 is 22.0 Å². The molecule has 0 bridgehead atoms. The van der Waals surface area contributed by atoms with Crippen LogP contribution in [0.15, 0.2) is 29.4 Å². The Morgan fingerprint density at radius 3 is 2.29 bits per heavy atom. The number of benzene rings is 1. The third kappa shape index (κ3) is 3.82. The average molecular weight is 236 g/mol. The van der Waals surface area contributed by atoms with E-state index in [2.05, 4.69) is 10.5 Å². The molecule has 2 amide bonds. The predicted octanol–water partition coefficient (Wildman–Crippen LogP) is -0.139. The molecule has 0 spiro atoms. The molecule has 7 heteroatoms. The minimum absolute atomic E-state index is 0.184. The maximum absolute atomic E-state index is 11.3. The molecule has 1 aromatic rings. The Balaban J connectivity index is 2.63. The van der Waals surface area contributed by atoms with Gasteiger partial charge in [0, 0.05) is 11.3 Å². The Bertz CT molecular complexity index is 453. The van der Waals surface area contributed by atoms with Crippen molar-refractivity contribution in [1.29, 1.82) is 0 Å². The number of nitrogens with zero attached hydrogens (tertiary/aromatic N) is 1. The van der Waals surface area contributed by atoms with Crippen molar-refractivity contribution in [3.8, 4) is 0 Å². The number of primary amides is 1. The van der Waals surface area contributed by atoms with E-state index in [9.17, 15) is 9.59 Å². The van der Waals surface area contributed by atoms with E-state index in [1.54, 1.807) is 0 Å². The Morgan fingerprint density at radius 2 is 1.82 bits per heavy atom. The van der Waals surface area contributed by atoms with E-state index in [1.165, 1.54) is 24.3 Å². The first-order valence-electron chi connectivity index (χ1n) is 4.69. The number of anilines is 1. The van der Waals surface area contributed by atoms with E-state index in [-0.39, 0.29) is 12.3 Å². The van der Waals surface area contributed by atoms with Gasteiger partial charge in [-0.05, 0) is 24.3 Å². The lowest BCUT2D eigenvalue weighted by atomic mass is 10.2. The number of amidine groups is 1. The zero-order chi connectivity index (χ0) is 12.8. The van der Waals surface area contributed by atoms with Crippen molar-refractivity contribution in [3.63, 3.8) is 0 Å². The second kappa shape index (κ2) is 5.50. The van der Waals surface area contributed by atoms with Gasteiger partial charge in [0.2, 0.25) is 11.8 Å². The summed E-state index contributed by atoms with van der Waals surface area (Å²) in [5.41, 5.74) is 11.1. The molecule has 1 rings (SSSR count). The summed E-state index contributed by atoms with van der Waals surface area (Å²) in [5.74, 6) is -1.15. The summed E-state index contributed by atoms with van der Waals surface area (Å²) in [5, 5.41) is 13.5. The molecule has 90 valence electrons. The molecule has 0 aliphatic rings. The highest BCUT2D eigenvalue weighted by Gasteiger charge is 2.06. The van der Waals surface area contributed by atoms with Crippen molar-refractivity contribution in [2.24, 2.45) is 16.6 Å². The molecule has 0 heterocycles. The van der Waals surface area contributed by atoms with Gasteiger partial charge in [0.05, 0.1) is 6.42 Å². The SMILES string of the molecule is NC(=O)c1ccc(NC(=O)C/C(N)=N/O)cc1. The Kier molecular flexibility index (Phi) is 4.04. The molecule has 1 aromatic carbocycles. The van der Waals surface area contributed by atoms with Gasteiger partial charge in [-0.3, -0.25) is 9.59 Å². The van der Waals surface area contributed by atoms with E-state index in [4.69, 9.17) is 16.7 Å². The lowest BCUT2D eigenvalue weighted by molar-refractivity contribution is -0.115. The minimum Gasteiger partial charge on any atom is -0.409 e. The number of rotatable bonds is 4. The molecule has 0 aliphatic carbocycles. The number of nitrogens with one attached hydrogen (secondary N) is 1. The van der Waals surface area contributed by atoms with Crippen molar-refractivity contribution in [3.05, 3.63) is 29.8 Å². The van der Waals surface area contributed by atoms with Crippen molar-refractivity contribution in [1.82, 2.24) is 0 Å². The summed E-state index contributed by atoms with van der Waals surface area (Å²) < 4.78 is 0. The number of amides is 2. The zero-order valence-electron chi connectivity index (χ0n) is 8.88. The highest BCUT2D eigenvalue weighted by atomic mass is 16.4. The van der Waals surface area contributed by atoms with Crippen LogP contribution in [0.1, 0.15) is 16.8 Å². The van der Waals surface area contributed by atoms with Gasteiger partial charge in [-0.25, -0.2) is 0 Å². The van der Waals surface area contributed by atoms with Crippen molar-refractivity contribution < 1.29 is 14.8 Å². The number of oxime groups is 1. The van der Waals surface area contributed by atoms with Gasteiger partial charge >= 0.3 is 0 Å². The third-order valence-corrected chi connectivity index (χ3v) is 1.92. The molecule has 0 unspecified atom stereocenters. The Hall–Kier alpha value is -2.57. The van der Waals surface area contributed by atoms with E-state index in [1.807, 2.05) is 0 Å². The van der Waals surface area contributed by atoms with E-state index < -0.39 is 11.8 Å². The first-order valence-corrected chi connectivity index (χ1v) is 4.69. The standard InChI is InChI=1S/C10H12N4O3/c11-8(14-17)5-9(15)13-7-3-1-6(2-4-7)10(12)16/h1-4,17H,5H2,(H2,11,14)(H2,12,16)(H,13,15). The fourth-order valence-corrected chi connectivity index (χ4v) is 1.12. The van der Waals surface area contributed by atoms with Gasteiger partial charge in [-0.1, -0.05) is 5.16 Å². The van der Waals surface area contributed by atoms with Crippen LogP contribution in [0.25, 0.3) is 0 Å². The fourth-order valence-electron chi connectivity index (χ4n) is 1.12. The van der Waals surface area contributed by atoms with E-state index in [0.717, 1.165) is 0 Å². The number of carbonyl (C=O) groups excluding carboxylic acids is 2. The number of hydrogen-bond donors (Lipinski definition) is 4. The summed E-state index contributed by atoms with van der Waals surface area (Å²) in [6, 6.07) is 6.04. The van der Waals surface area contributed by atoms with Crippen LogP contribution in [0.5, 0.6) is 0 Å². The lowest BCUT2D eigenvalue weighted by Crippen LogP contribution is -2.22. The molecular formula is C10H12N4O3. The van der Waals surface area contributed by atoms with Crippen LogP contribution in [0, 0.1) is 0 Å². The van der Waals surface area contributed by atoms with Crippen LogP contribution >= 0.6 is 0 Å². The van der Waals surface area contributed by atoms with Crippen LogP contribution in [-0.4, -0.2) is 22.9 Å². The largest absolute Gasteiger partial charge is 0.409 e. The van der Waals surface area contributed by atoms with Crippen molar-refractivity contribution in [2.45, 2.75) is 6.42 Å².